The van der Waals surface area contributed by atoms with Gasteiger partial charge in [0.2, 0.25) is 0 Å². The summed E-state index contributed by atoms with van der Waals surface area (Å²) in [5, 5.41) is 14.2. The van der Waals surface area contributed by atoms with Crippen molar-refractivity contribution in [1.29, 1.82) is 0 Å². The van der Waals surface area contributed by atoms with Gasteiger partial charge in [0.05, 0.1) is 11.6 Å². The van der Waals surface area contributed by atoms with Crippen LogP contribution in [0.4, 0.5) is 4.79 Å². The summed E-state index contributed by atoms with van der Waals surface area (Å²) in [5.41, 5.74) is -0.116. The number of nitrogens with one attached hydrogen (secondary N) is 2. The number of imide groups is 1. The summed E-state index contributed by atoms with van der Waals surface area (Å²) in [7, 11) is 0. The maximum atomic E-state index is 11.6. The highest BCUT2D eigenvalue weighted by atomic mass is 32.1. The van der Waals surface area contributed by atoms with Crippen molar-refractivity contribution in [1.82, 2.24) is 15.6 Å². The van der Waals surface area contributed by atoms with Crippen molar-refractivity contribution in [3.63, 3.8) is 0 Å². The van der Waals surface area contributed by atoms with Crippen LogP contribution in [0.2, 0.25) is 0 Å². The molecule has 7 nitrogen and oxygen atoms in total. The average Bonchev–Trinajstić information content (AvgIpc) is 2.80. The number of hydrogen-bond donors (Lipinski definition) is 3. The van der Waals surface area contributed by atoms with E-state index >= 15 is 0 Å². The lowest BCUT2D eigenvalue weighted by Crippen LogP contribution is -2.39. The summed E-state index contributed by atoms with van der Waals surface area (Å²) < 4.78 is 0. The summed E-state index contributed by atoms with van der Waals surface area (Å²) in [6, 6.07) is -0.682. The molecule has 108 valence electrons. The monoisotopic (exact) mass is 297 g/mol. The molecule has 0 bridgehead atoms. The van der Waals surface area contributed by atoms with Crippen LogP contribution in [0, 0.1) is 6.92 Å². The van der Waals surface area contributed by atoms with E-state index in [0.29, 0.717) is 0 Å². The van der Waals surface area contributed by atoms with E-state index in [2.05, 4.69) is 15.6 Å². The molecule has 1 rings (SSSR count). The number of carbonyl (C=O) groups is 3. The van der Waals surface area contributed by atoms with Crippen molar-refractivity contribution in [2.45, 2.75) is 27.3 Å². The number of carboxylic acid groups (broad SMARTS) is 1. The Balaban J connectivity index is 2.52. The first kappa shape index (κ1) is 15.8. The molecule has 0 aromatic carbocycles. The van der Waals surface area contributed by atoms with E-state index in [0.717, 1.165) is 9.88 Å². The van der Waals surface area contributed by atoms with Crippen LogP contribution in [0.3, 0.4) is 0 Å². The van der Waals surface area contributed by atoms with Gasteiger partial charge in [-0.3, -0.25) is 10.1 Å². The third-order valence-corrected chi connectivity index (χ3v) is 3.46. The summed E-state index contributed by atoms with van der Waals surface area (Å²) in [6.07, 6.45) is 1.64. The van der Waals surface area contributed by atoms with Crippen molar-refractivity contribution >= 4 is 29.2 Å². The number of aryl methyl sites for hydroxylation is 1. The second-order valence-electron chi connectivity index (χ2n) is 4.04. The lowest BCUT2D eigenvalue weighted by molar-refractivity contribution is -0.133. The highest BCUT2D eigenvalue weighted by Crippen LogP contribution is 2.10. The minimum absolute atomic E-state index is 0.0127. The van der Waals surface area contributed by atoms with Gasteiger partial charge in [-0.15, -0.1) is 11.3 Å². The van der Waals surface area contributed by atoms with Gasteiger partial charge in [-0.2, -0.15) is 0 Å². The van der Waals surface area contributed by atoms with Gasteiger partial charge in [-0.1, -0.05) is 0 Å². The number of rotatable bonds is 4. The molecule has 0 saturated heterocycles. The number of nitrogens with zero attached hydrogens (tertiary/aromatic N) is 1. The van der Waals surface area contributed by atoms with Crippen LogP contribution in [-0.4, -0.2) is 28.0 Å². The quantitative estimate of drug-likeness (QED) is 0.724. The molecule has 3 amide bonds. The van der Waals surface area contributed by atoms with E-state index in [1.165, 1.54) is 25.2 Å². The van der Waals surface area contributed by atoms with E-state index in [9.17, 15) is 14.4 Å². The molecule has 1 aromatic rings. The smallest absolute Gasteiger partial charge is 0.331 e. The molecule has 0 atom stereocenters. The largest absolute Gasteiger partial charge is 0.478 e. The van der Waals surface area contributed by atoms with Crippen molar-refractivity contribution in [3.05, 3.63) is 27.2 Å². The molecule has 0 radical (unpaired) electrons. The number of aliphatic carboxylic acids is 1. The lowest BCUT2D eigenvalue weighted by atomic mass is 10.1. The third-order valence-electron chi connectivity index (χ3n) is 2.54. The average molecular weight is 297 g/mol. The first-order chi connectivity index (χ1) is 9.31. The van der Waals surface area contributed by atoms with Crippen LogP contribution >= 0.6 is 11.3 Å². The number of aromatic nitrogens is 1. The zero-order valence-electron chi connectivity index (χ0n) is 11.3. The fourth-order valence-electron chi connectivity index (χ4n) is 1.23. The molecule has 0 aliphatic carbocycles. The van der Waals surface area contributed by atoms with Crippen molar-refractivity contribution in [2.75, 3.05) is 0 Å². The van der Waals surface area contributed by atoms with Crippen LogP contribution in [-0.2, 0) is 16.1 Å². The highest BCUT2D eigenvalue weighted by molar-refractivity contribution is 7.11. The predicted molar refractivity (Wildman–Crippen MR) is 73.2 cm³/mol. The van der Waals surface area contributed by atoms with Crippen LogP contribution in [0.5, 0.6) is 0 Å². The molecule has 20 heavy (non-hydrogen) atoms. The topological polar surface area (TPSA) is 108 Å². The highest BCUT2D eigenvalue weighted by Gasteiger charge is 2.15. The lowest BCUT2D eigenvalue weighted by Gasteiger charge is -2.07. The van der Waals surface area contributed by atoms with Crippen LogP contribution in [0.25, 0.3) is 0 Å². The number of amides is 3. The Labute approximate surface area is 119 Å². The molecule has 1 aromatic heterocycles. The Morgan fingerprint density at radius 3 is 2.45 bits per heavy atom. The minimum atomic E-state index is -1.20. The molecule has 1 heterocycles. The second kappa shape index (κ2) is 6.80. The molecule has 0 saturated carbocycles. The number of carboxylic acids is 1. The first-order valence-electron chi connectivity index (χ1n) is 5.72. The zero-order chi connectivity index (χ0) is 15.3. The number of thiazole rings is 1. The van der Waals surface area contributed by atoms with Crippen LogP contribution in [0.15, 0.2) is 17.3 Å². The Bertz CT molecular complexity index is 577. The Hall–Kier alpha value is -2.22. The number of urea groups is 1. The normalized spacial score (nSPS) is 11.6. The molecule has 3 N–H and O–H groups in total. The number of hydrogen-bond acceptors (Lipinski definition) is 5. The molecule has 0 spiro atoms. The summed E-state index contributed by atoms with van der Waals surface area (Å²) in [6.45, 7) is 4.75. The zero-order valence-corrected chi connectivity index (χ0v) is 12.1. The summed E-state index contributed by atoms with van der Waals surface area (Å²) >= 11 is 1.44. The van der Waals surface area contributed by atoms with Crippen LogP contribution < -0.4 is 10.6 Å². The predicted octanol–water partition coefficient (Wildman–Crippen LogP) is 1.20. The summed E-state index contributed by atoms with van der Waals surface area (Å²) in [5.74, 6) is -1.93. The molecular formula is C12H15N3O4S. The maximum Gasteiger partial charge on any atom is 0.331 e. The van der Waals surface area contributed by atoms with Gasteiger partial charge in [-0.25, -0.2) is 14.6 Å². The van der Waals surface area contributed by atoms with Gasteiger partial charge < -0.3 is 10.4 Å². The molecule has 8 heteroatoms. The molecular weight excluding hydrogens is 282 g/mol. The maximum absolute atomic E-state index is 11.6. The second-order valence-corrected chi connectivity index (χ2v) is 5.36. The van der Waals surface area contributed by atoms with Gasteiger partial charge in [0.1, 0.15) is 0 Å². The fraction of sp³-hybridized carbons (Fsp3) is 0.333. The first-order valence-corrected chi connectivity index (χ1v) is 6.54. The minimum Gasteiger partial charge on any atom is -0.478 e. The number of carbonyl (C=O) groups excluding carboxylic acids is 2. The van der Waals surface area contributed by atoms with E-state index in [1.54, 1.807) is 6.20 Å². The van der Waals surface area contributed by atoms with E-state index in [4.69, 9.17) is 5.11 Å². The van der Waals surface area contributed by atoms with Crippen LogP contribution in [0.1, 0.15) is 23.7 Å². The Morgan fingerprint density at radius 1 is 1.30 bits per heavy atom. The van der Waals surface area contributed by atoms with Gasteiger partial charge in [-0.05, 0) is 20.8 Å². The van der Waals surface area contributed by atoms with Crippen molar-refractivity contribution < 1.29 is 19.5 Å². The van der Waals surface area contributed by atoms with E-state index < -0.39 is 17.9 Å². The van der Waals surface area contributed by atoms with E-state index in [-0.39, 0.29) is 17.7 Å². The molecule has 0 fully saturated rings. The van der Waals surface area contributed by atoms with Crippen molar-refractivity contribution in [3.8, 4) is 0 Å². The molecule has 0 unspecified atom stereocenters. The SMILES string of the molecule is CC(C(=O)O)=C(C)C(=O)NC(=O)NCc1cnc(C)s1. The van der Waals surface area contributed by atoms with Crippen molar-refractivity contribution in [2.24, 2.45) is 0 Å². The molecule has 0 aliphatic heterocycles. The van der Waals surface area contributed by atoms with Gasteiger partial charge in [0.25, 0.3) is 5.91 Å². The summed E-state index contributed by atoms with van der Waals surface area (Å²) in [4.78, 5) is 38.7. The van der Waals surface area contributed by atoms with Gasteiger partial charge >= 0.3 is 12.0 Å². The van der Waals surface area contributed by atoms with Gasteiger partial charge in [0.15, 0.2) is 0 Å². The van der Waals surface area contributed by atoms with Gasteiger partial charge in [0, 0.05) is 22.2 Å². The fourth-order valence-corrected chi connectivity index (χ4v) is 1.96. The Kier molecular flexibility index (Phi) is 5.39. The third kappa shape index (κ3) is 4.47. The van der Waals surface area contributed by atoms with E-state index in [1.807, 2.05) is 6.92 Å². The standard InChI is InChI=1S/C12H15N3O4S/c1-6(7(2)11(17)18)10(16)15-12(19)14-5-9-4-13-8(3)20-9/h4H,5H2,1-3H3,(H,17,18)(H2,14,15,16,19). The Morgan fingerprint density at radius 2 is 1.95 bits per heavy atom. The molecule has 0 aliphatic rings.